The molecule has 2 N–H and O–H groups in total. The van der Waals surface area contributed by atoms with Crippen molar-refractivity contribution >= 4 is 78.7 Å². The van der Waals surface area contributed by atoms with Gasteiger partial charge in [-0.1, -0.05) is 48.5 Å². The molecular formula is C38H24N4. The Morgan fingerprint density at radius 2 is 1.07 bits per heavy atom. The monoisotopic (exact) mass is 536 g/mol. The first-order valence-corrected chi connectivity index (χ1v) is 14.1. The molecule has 7 aromatic rings. The van der Waals surface area contributed by atoms with Gasteiger partial charge in [-0.25, -0.2) is 9.97 Å². The van der Waals surface area contributed by atoms with Gasteiger partial charge in [0.2, 0.25) is 0 Å². The lowest BCUT2D eigenvalue weighted by atomic mass is 9.95. The Kier molecular flexibility index (Phi) is 4.87. The highest BCUT2D eigenvalue weighted by Gasteiger charge is 2.13. The summed E-state index contributed by atoms with van der Waals surface area (Å²) in [7, 11) is 0. The Morgan fingerprint density at radius 1 is 0.429 bits per heavy atom. The van der Waals surface area contributed by atoms with Crippen molar-refractivity contribution in [2.45, 2.75) is 0 Å². The van der Waals surface area contributed by atoms with Crippen LogP contribution >= 0.6 is 0 Å². The summed E-state index contributed by atoms with van der Waals surface area (Å²) >= 11 is 0. The molecule has 3 aromatic heterocycles. The summed E-state index contributed by atoms with van der Waals surface area (Å²) in [6.45, 7) is 0. The van der Waals surface area contributed by atoms with E-state index in [0.717, 1.165) is 56.0 Å². The predicted molar refractivity (Wildman–Crippen MR) is 177 cm³/mol. The van der Waals surface area contributed by atoms with Crippen LogP contribution < -0.4 is 0 Å². The second-order valence-corrected chi connectivity index (χ2v) is 11.0. The molecule has 0 fully saturated rings. The lowest BCUT2D eigenvalue weighted by Crippen LogP contribution is -1.87. The summed E-state index contributed by atoms with van der Waals surface area (Å²) in [5.41, 5.74) is 9.90. The molecule has 0 unspecified atom stereocenters. The highest BCUT2D eigenvalue weighted by molar-refractivity contribution is 6.13. The zero-order valence-electron chi connectivity index (χ0n) is 22.6. The Bertz CT molecular complexity index is 2470. The summed E-state index contributed by atoms with van der Waals surface area (Å²) in [5, 5.41) is 7.49. The maximum atomic E-state index is 5.08. The smallest absolute Gasteiger partial charge is 0.0736 e. The third-order valence-electron chi connectivity index (χ3n) is 8.21. The molecule has 4 aromatic carbocycles. The van der Waals surface area contributed by atoms with Gasteiger partial charge in [0.1, 0.15) is 0 Å². The van der Waals surface area contributed by atoms with Gasteiger partial charge in [0.15, 0.2) is 0 Å². The van der Waals surface area contributed by atoms with Crippen LogP contribution in [0.5, 0.6) is 0 Å². The van der Waals surface area contributed by atoms with E-state index in [4.69, 9.17) is 9.97 Å². The second kappa shape index (κ2) is 8.88. The maximum absolute atomic E-state index is 5.08. The number of hydrogen-bond acceptors (Lipinski definition) is 2. The third-order valence-corrected chi connectivity index (χ3v) is 8.21. The molecular weight excluding hydrogens is 512 g/mol. The van der Waals surface area contributed by atoms with Gasteiger partial charge in [0, 0.05) is 27.6 Å². The second-order valence-electron chi connectivity index (χ2n) is 11.0. The highest BCUT2D eigenvalue weighted by atomic mass is 14.8. The first-order valence-electron chi connectivity index (χ1n) is 14.1. The molecule has 0 saturated carbocycles. The van der Waals surface area contributed by atoms with Gasteiger partial charge < -0.3 is 9.97 Å². The minimum absolute atomic E-state index is 0.911. The molecule has 8 bridgehead atoms. The summed E-state index contributed by atoms with van der Waals surface area (Å²) in [6.07, 6.45) is 8.28. The van der Waals surface area contributed by atoms with E-state index in [1.54, 1.807) is 0 Å². The van der Waals surface area contributed by atoms with Crippen LogP contribution in [-0.4, -0.2) is 19.9 Å². The van der Waals surface area contributed by atoms with Crippen LogP contribution in [0.4, 0.5) is 0 Å². The first kappa shape index (κ1) is 23.0. The van der Waals surface area contributed by atoms with Gasteiger partial charge in [0.05, 0.1) is 22.8 Å². The van der Waals surface area contributed by atoms with Gasteiger partial charge in [-0.15, -0.1) is 0 Å². The minimum Gasteiger partial charge on any atom is -0.355 e. The number of nitrogens with one attached hydrogen (secondary N) is 2. The van der Waals surface area contributed by atoms with Crippen molar-refractivity contribution in [2.24, 2.45) is 0 Å². The number of aromatic nitrogens is 4. The molecule has 5 heterocycles. The Balaban J connectivity index is 1.31. The fourth-order valence-electron chi connectivity index (χ4n) is 6.22. The van der Waals surface area contributed by atoms with Crippen molar-refractivity contribution in [3.05, 3.63) is 132 Å². The predicted octanol–water partition coefficient (Wildman–Crippen LogP) is 9.78. The third kappa shape index (κ3) is 3.85. The standard InChI is InChI=1S/C38H24N4/c1-2-4-24-19-35-26(17-23(24)3-1)6-5-25-18-27(7-14-34(25)35)38-36-15-12-32(41-36)21-30-10-8-28(39-30)20-29-9-11-31(40-29)22-33-13-16-37(38)42-33/h1-22,39,42H. The fourth-order valence-corrected chi connectivity index (χ4v) is 6.22. The minimum atomic E-state index is 0.911. The van der Waals surface area contributed by atoms with Crippen molar-refractivity contribution < 1.29 is 0 Å². The zero-order valence-corrected chi connectivity index (χ0v) is 22.6. The van der Waals surface area contributed by atoms with E-state index in [1.807, 2.05) is 12.2 Å². The Morgan fingerprint density at radius 3 is 1.86 bits per heavy atom. The number of rotatable bonds is 1. The number of H-pyrrole nitrogens is 2. The van der Waals surface area contributed by atoms with Gasteiger partial charge in [-0.3, -0.25) is 0 Å². The van der Waals surface area contributed by atoms with Gasteiger partial charge in [-0.05, 0) is 123 Å². The van der Waals surface area contributed by atoms with Crippen LogP contribution in [0.2, 0.25) is 0 Å². The van der Waals surface area contributed by atoms with Crippen LogP contribution in [0.3, 0.4) is 0 Å². The van der Waals surface area contributed by atoms with Crippen molar-refractivity contribution in [3.63, 3.8) is 0 Å². The zero-order chi connectivity index (χ0) is 27.6. The lowest BCUT2D eigenvalue weighted by molar-refractivity contribution is 1.31. The average molecular weight is 537 g/mol. The molecule has 0 spiro atoms. The molecule has 4 nitrogen and oxygen atoms in total. The molecule has 0 amide bonds. The number of benzene rings is 4. The van der Waals surface area contributed by atoms with Gasteiger partial charge in [-0.2, -0.15) is 0 Å². The molecule has 0 radical (unpaired) electrons. The van der Waals surface area contributed by atoms with E-state index < -0.39 is 0 Å². The average Bonchev–Trinajstić information content (AvgIpc) is 3.83. The number of aromatic amines is 2. The molecule has 0 saturated heterocycles. The van der Waals surface area contributed by atoms with Crippen LogP contribution in [0.1, 0.15) is 22.8 Å². The van der Waals surface area contributed by atoms with E-state index in [2.05, 4.69) is 131 Å². The molecule has 0 aliphatic carbocycles. The van der Waals surface area contributed by atoms with Crippen molar-refractivity contribution in [2.75, 3.05) is 0 Å². The SMILES string of the molecule is C1=Cc2cc3ccc([nH]3)c(-c3ccc4c(ccc5cc6ccccc6cc54)c3)c3nc(cc4ccc(cc1n2)[nH]4)C=C3. The van der Waals surface area contributed by atoms with E-state index in [-0.39, 0.29) is 0 Å². The molecule has 2 aliphatic heterocycles. The van der Waals surface area contributed by atoms with Crippen molar-refractivity contribution in [3.8, 4) is 11.1 Å². The number of nitrogens with zero attached hydrogens (tertiary/aromatic N) is 2. The maximum Gasteiger partial charge on any atom is 0.0736 e. The molecule has 9 rings (SSSR count). The lowest BCUT2D eigenvalue weighted by Gasteiger charge is -2.10. The van der Waals surface area contributed by atoms with Gasteiger partial charge >= 0.3 is 0 Å². The van der Waals surface area contributed by atoms with Crippen molar-refractivity contribution in [1.82, 2.24) is 19.9 Å². The number of fused-ring (bicyclic) bond motifs is 12. The fraction of sp³-hybridized carbons (Fsp3) is 0. The largest absolute Gasteiger partial charge is 0.355 e. The van der Waals surface area contributed by atoms with E-state index in [0.29, 0.717) is 0 Å². The Hall–Kier alpha value is -5.74. The highest BCUT2D eigenvalue weighted by Crippen LogP contribution is 2.35. The van der Waals surface area contributed by atoms with E-state index >= 15 is 0 Å². The van der Waals surface area contributed by atoms with Gasteiger partial charge in [0.25, 0.3) is 0 Å². The summed E-state index contributed by atoms with van der Waals surface area (Å²) < 4.78 is 0. The van der Waals surface area contributed by atoms with E-state index in [9.17, 15) is 0 Å². The first-order chi connectivity index (χ1) is 20.7. The summed E-state index contributed by atoms with van der Waals surface area (Å²) in [6, 6.07) is 39.0. The van der Waals surface area contributed by atoms with Crippen LogP contribution in [0.15, 0.2) is 109 Å². The Labute approximate surface area is 241 Å². The topological polar surface area (TPSA) is 57.4 Å². The molecule has 2 aliphatic rings. The molecule has 42 heavy (non-hydrogen) atoms. The summed E-state index contributed by atoms with van der Waals surface area (Å²) in [4.78, 5) is 17.0. The quantitative estimate of drug-likeness (QED) is 0.162. The van der Waals surface area contributed by atoms with Crippen LogP contribution in [-0.2, 0) is 0 Å². The molecule has 0 atom stereocenters. The van der Waals surface area contributed by atoms with Crippen LogP contribution in [0.25, 0.3) is 89.8 Å². The molecule has 196 valence electrons. The summed E-state index contributed by atoms with van der Waals surface area (Å²) in [5.74, 6) is 0. The van der Waals surface area contributed by atoms with Crippen molar-refractivity contribution in [1.29, 1.82) is 0 Å². The number of hydrogen-bond donors (Lipinski definition) is 2. The van der Waals surface area contributed by atoms with E-state index in [1.165, 1.54) is 32.3 Å². The normalized spacial score (nSPS) is 12.6. The molecule has 4 heteroatoms. The van der Waals surface area contributed by atoms with Crippen LogP contribution in [0, 0.1) is 0 Å².